The summed E-state index contributed by atoms with van der Waals surface area (Å²) in [6.45, 7) is 2.13. The van der Waals surface area contributed by atoms with E-state index in [9.17, 15) is 4.79 Å². The molecule has 2 rings (SSSR count). The van der Waals surface area contributed by atoms with E-state index in [1.807, 2.05) is 0 Å². The molecule has 58 valence electrons. The molecule has 0 aromatic carbocycles. The molecule has 1 aromatic heterocycles. The Morgan fingerprint density at radius 2 is 2.55 bits per heavy atom. The number of rotatable bonds is 0. The van der Waals surface area contributed by atoms with E-state index >= 15 is 0 Å². The summed E-state index contributed by atoms with van der Waals surface area (Å²) in [7, 11) is 0. The molecule has 3 heteroatoms. The summed E-state index contributed by atoms with van der Waals surface area (Å²) in [4.78, 5) is 17.3. The van der Waals surface area contributed by atoms with Crippen molar-refractivity contribution in [2.24, 2.45) is 0 Å². The maximum Gasteiger partial charge on any atom is 0.345 e. The summed E-state index contributed by atoms with van der Waals surface area (Å²) in [6.07, 6.45) is 3.88. The molecule has 1 aliphatic carbocycles. The van der Waals surface area contributed by atoms with Crippen molar-refractivity contribution in [3.8, 4) is 0 Å². The number of hydrogen-bond acceptors (Lipinski definition) is 2. The molecule has 1 atom stereocenters. The third-order valence-corrected chi connectivity index (χ3v) is 2.26. The van der Waals surface area contributed by atoms with Gasteiger partial charge < -0.3 is 4.98 Å². The number of aryl methyl sites for hydroxylation is 1. The number of nitrogens with one attached hydrogen (secondary N) is 1. The highest BCUT2D eigenvalue weighted by Gasteiger charge is 2.18. The van der Waals surface area contributed by atoms with Gasteiger partial charge in [0, 0.05) is 11.9 Å². The van der Waals surface area contributed by atoms with Crippen LogP contribution in [0.3, 0.4) is 0 Å². The normalized spacial score (nSPS) is 21.7. The highest BCUT2D eigenvalue weighted by Crippen LogP contribution is 2.28. The van der Waals surface area contributed by atoms with Crippen molar-refractivity contribution in [1.29, 1.82) is 0 Å². The van der Waals surface area contributed by atoms with E-state index in [1.165, 1.54) is 5.56 Å². The van der Waals surface area contributed by atoms with Gasteiger partial charge in [-0.25, -0.2) is 9.78 Å². The first-order valence-corrected chi connectivity index (χ1v) is 3.85. The zero-order valence-electron chi connectivity index (χ0n) is 6.42. The van der Waals surface area contributed by atoms with Gasteiger partial charge in [0.15, 0.2) is 0 Å². The zero-order valence-corrected chi connectivity index (χ0v) is 6.42. The van der Waals surface area contributed by atoms with E-state index in [-0.39, 0.29) is 5.69 Å². The Balaban J connectivity index is 2.60. The summed E-state index contributed by atoms with van der Waals surface area (Å²) in [5, 5.41) is 0. The number of H-pyrrole nitrogens is 1. The summed E-state index contributed by atoms with van der Waals surface area (Å²) in [5.74, 6) is 0.501. The molecule has 1 unspecified atom stereocenters. The van der Waals surface area contributed by atoms with Crippen LogP contribution in [0.25, 0.3) is 0 Å². The Hall–Kier alpha value is -1.12. The average molecular weight is 150 g/mol. The quantitative estimate of drug-likeness (QED) is 0.595. The molecular weight excluding hydrogens is 140 g/mol. The predicted octanol–water partition coefficient (Wildman–Crippen LogP) is 0.820. The van der Waals surface area contributed by atoms with Crippen LogP contribution in [-0.2, 0) is 6.42 Å². The van der Waals surface area contributed by atoms with Gasteiger partial charge >= 0.3 is 5.69 Å². The van der Waals surface area contributed by atoms with Gasteiger partial charge in [0.25, 0.3) is 0 Å². The Labute approximate surface area is 64.5 Å². The molecule has 1 heterocycles. The van der Waals surface area contributed by atoms with Gasteiger partial charge in [0.2, 0.25) is 0 Å². The van der Waals surface area contributed by atoms with Crippen molar-refractivity contribution < 1.29 is 0 Å². The van der Waals surface area contributed by atoms with E-state index in [0.29, 0.717) is 5.92 Å². The van der Waals surface area contributed by atoms with Crippen LogP contribution < -0.4 is 5.69 Å². The fourth-order valence-electron chi connectivity index (χ4n) is 1.59. The van der Waals surface area contributed by atoms with E-state index in [1.54, 1.807) is 6.20 Å². The first kappa shape index (κ1) is 6.58. The Morgan fingerprint density at radius 3 is 3.36 bits per heavy atom. The molecule has 0 radical (unpaired) electrons. The molecule has 0 bridgehead atoms. The zero-order chi connectivity index (χ0) is 7.84. The minimum Gasteiger partial charge on any atom is -0.309 e. The molecule has 0 spiro atoms. The lowest BCUT2D eigenvalue weighted by atomic mass is 10.1. The number of fused-ring (bicyclic) bond motifs is 1. The minimum atomic E-state index is -0.225. The van der Waals surface area contributed by atoms with Crippen LogP contribution in [0.1, 0.15) is 30.5 Å². The van der Waals surface area contributed by atoms with Gasteiger partial charge in [-0.2, -0.15) is 0 Å². The molecule has 11 heavy (non-hydrogen) atoms. The Morgan fingerprint density at radius 1 is 1.73 bits per heavy atom. The lowest BCUT2D eigenvalue weighted by molar-refractivity contribution is 0.727. The minimum absolute atomic E-state index is 0.225. The van der Waals surface area contributed by atoms with Crippen LogP contribution in [0.4, 0.5) is 0 Å². The largest absolute Gasteiger partial charge is 0.345 e. The standard InChI is InChI=1S/C8H10N2O/c1-5-2-3-6-4-9-8(11)10-7(5)6/h4-5H,2-3H2,1H3,(H,9,10,11). The maximum atomic E-state index is 10.8. The van der Waals surface area contributed by atoms with E-state index < -0.39 is 0 Å². The number of hydrogen-bond donors (Lipinski definition) is 1. The number of aromatic amines is 1. The summed E-state index contributed by atoms with van der Waals surface area (Å²) >= 11 is 0. The van der Waals surface area contributed by atoms with Crippen LogP contribution in [0, 0.1) is 0 Å². The average Bonchev–Trinajstić information content (AvgIpc) is 2.33. The van der Waals surface area contributed by atoms with Crippen molar-refractivity contribution in [2.75, 3.05) is 0 Å². The number of nitrogens with zero attached hydrogens (tertiary/aromatic N) is 1. The highest BCUT2D eigenvalue weighted by atomic mass is 16.1. The molecular formula is C8H10N2O. The molecule has 1 N–H and O–H groups in total. The Kier molecular flexibility index (Phi) is 1.31. The topological polar surface area (TPSA) is 45.8 Å². The van der Waals surface area contributed by atoms with Crippen molar-refractivity contribution >= 4 is 0 Å². The van der Waals surface area contributed by atoms with E-state index in [4.69, 9.17) is 0 Å². The van der Waals surface area contributed by atoms with E-state index in [0.717, 1.165) is 18.5 Å². The van der Waals surface area contributed by atoms with Crippen molar-refractivity contribution in [2.45, 2.75) is 25.7 Å². The van der Waals surface area contributed by atoms with Gasteiger partial charge in [-0.3, -0.25) is 0 Å². The van der Waals surface area contributed by atoms with Crippen molar-refractivity contribution in [3.05, 3.63) is 27.9 Å². The van der Waals surface area contributed by atoms with Crippen LogP contribution in [-0.4, -0.2) is 9.97 Å². The van der Waals surface area contributed by atoms with Gasteiger partial charge in [0.1, 0.15) is 0 Å². The van der Waals surface area contributed by atoms with Gasteiger partial charge in [-0.1, -0.05) is 6.92 Å². The third kappa shape index (κ3) is 0.964. The van der Waals surface area contributed by atoms with E-state index in [2.05, 4.69) is 16.9 Å². The first-order valence-electron chi connectivity index (χ1n) is 3.85. The van der Waals surface area contributed by atoms with Crippen LogP contribution in [0.5, 0.6) is 0 Å². The van der Waals surface area contributed by atoms with Crippen LogP contribution >= 0.6 is 0 Å². The highest BCUT2D eigenvalue weighted by molar-refractivity contribution is 5.24. The smallest absolute Gasteiger partial charge is 0.309 e. The summed E-state index contributed by atoms with van der Waals surface area (Å²) in [6, 6.07) is 0. The van der Waals surface area contributed by atoms with Gasteiger partial charge in [-0.15, -0.1) is 0 Å². The maximum absolute atomic E-state index is 10.8. The molecule has 0 fully saturated rings. The fraction of sp³-hybridized carbons (Fsp3) is 0.500. The molecule has 0 saturated carbocycles. The lowest BCUT2D eigenvalue weighted by Gasteiger charge is -2.00. The summed E-state index contributed by atoms with van der Waals surface area (Å²) < 4.78 is 0. The first-order chi connectivity index (χ1) is 5.27. The van der Waals surface area contributed by atoms with Crippen molar-refractivity contribution in [1.82, 2.24) is 9.97 Å². The fourth-order valence-corrected chi connectivity index (χ4v) is 1.59. The SMILES string of the molecule is CC1CCc2cnc(=O)[nH]c21. The van der Waals surface area contributed by atoms with Crippen molar-refractivity contribution in [3.63, 3.8) is 0 Å². The predicted molar refractivity (Wildman–Crippen MR) is 41.6 cm³/mol. The number of aromatic nitrogens is 2. The lowest BCUT2D eigenvalue weighted by Crippen LogP contribution is -2.12. The second-order valence-corrected chi connectivity index (χ2v) is 3.07. The Bertz CT molecular complexity index is 329. The van der Waals surface area contributed by atoms with Gasteiger partial charge in [-0.05, 0) is 24.3 Å². The molecule has 1 aromatic rings. The molecule has 0 saturated heterocycles. The second kappa shape index (κ2) is 2.19. The third-order valence-electron chi connectivity index (χ3n) is 2.26. The molecule has 1 aliphatic rings. The summed E-state index contributed by atoms with van der Waals surface area (Å²) in [5.41, 5.74) is 2.07. The monoisotopic (exact) mass is 150 g/mol. The molecule has 0 aliphatic heterocycles. The molecule has 3 nitrogen and oxygen atoms in total. The van der Waals surface area contributed by atoms with Crippen LogP contribution in [0.2, 0.25) is 0 Å². The second-order valence-electron chi connectivity index (χ2n) is 3.07. The molecule has 0 amide bonds. The van der Waals surface area contributed by atoms with Crippen LogP contribution in [0.15, 0.2) is 11.0 Å². The van der Waals surface area contributed by atoms with Gasteiger partial charge in [0.05, 0.1) is 0 Å².